The number of rotatable bonds is 2. The topological polar surface area (TPSA) is 73.1 Å². The van der Waals surface area contributed by atoms with Gasteiger partial charge in [0.25, 0.3) is 0 Å². The number of fused-ring (bicyclic) bond motifs is 3. The van der Waals surface area contributed by atoms with Crippen LogP contribution < -0.4 is 11.3 Å². The first kappa shape index (κ1) is 12.5. The molecule has 1 fully saturated rings. The van der Waals surface area contributed by atoms with Crippen LogP contribution in [0, 0.1) is 0 Å². The molecule has 0 bridgehead atoms. The first-order chi connectivity index (χ1) is 9.71. The van der Waals surface area contributed by atoms with Crippen molar-refractivity contribution in [2.45, 2.75) is 44.6 Å². The summed E-state index contributed by atoms with van der Waals surface area (Å²) in [7, 11) is 0. The maximum atomic E-state index is 5.86. The lowest BCUT2D eigenvalue weighted by molar-refractivity contribution is 0.00976. The Bertz CT molecular complexity index is 675. The van der Waals surface area contributed by atoms with Crippen molar-refractivity contribution in [2.24, 2.45) is 5.84 Å². The number of ether oxygens (including phenoxy) is 1. The predicted octanol–water partition coefficient (Wildman–Crippen LogP) is 2.49. The molecule has 1 atom stereocenters. The fourth-order valence-corrected chi connectivity index (χ4v) is 4.55. The molecular weight excluding hydrogens is 272 g/mol. The molecule has 1 aliphatic carbocycles. The maximum Gasteiger partial charge on any atom is 0.164 e. The van der Waals surface area contributed by atoms with Gasteiger partial charge in [-0.15, -0.1) is 11.3 Å². The number of nitrogen functional groups attached to an aromatic ring is 1. The number of hydrogen-bond acceptors (Lipinski definition) is 6. The number of nitrogens with zero attached hydrogens (tertiary/aromatic N) is 2. The molecule has 106 valence electrons. The van der Waals surface area contributed by atoms with E-state index >= 15 is 0 Å². The van der Waals surface area contributed by atoms with Gasteiger partial charge < -0.3 is 10.2 Å². The van der Waals surface area contributed by atoms with E-state index in [-0.39, 0.29) is 5.60 Å². The first-order valence-electron chi connectivity index (χ1n) is 7.14. The SMILES string of the molecule is CC1(c2nc(NN)c3c4c(sc3n2)CCC4)CCCO1. The molecule has 1 unspecified atom stereocenters. The summed E-state index contributed by atoms with van der Waals surface area (Å²) >= 11 is 1.79. The molecule has 3 N–H and O–H groups in total. The van der Waals surface area contributed by atoms with Gasteiger partial charge >= 0.3 is 0 Å². The minimum Gasteiger partial charge on any atom is -0.367 e. The van der Waals surface area contributed by atoms with E-state index in [9.17, 15) is 0 Å². The molecule has 2 aliphatic rings. The fourth-order valence-electron chi connectivity index (χ4n) is 3.29. The van der Waals surface area contributed by atoms with Crippen LogP contribution in [0.15, 0.2) is 0 Å². The van der Waals surface area contributed by atoms with E-state index in [4.69, 9.17) is 15.6 Å². The Kier molecular flexibility index (Phi) is 2.73. The third-order valence-electron chi connectivity index (χ3n) is 4.39. The van der Waals surface area contributed by atoms with E-state index in [1.807, 2.05) is 0 Å². The Morgan fingerprint density at radius 2 is 2.20 bits per heavy atom. The lowest BCUT2D eigenvalue weighted by atomic mass is 10.0. The van der Waals surface area contributed by atoms with Crippen molar-refractivity contribution < 1.29 is 4.74 Å². The van der Waals surface area contributed by atoms with Crippen LogP contribution in [0.2, 0.25) is 0 Å². The summed E-state index contributed by atoms with van der Waals surface area (Å²) in [6, 6.07) is 0. The minimum atomic E-state index is -0.367. The van der Waals surface area contributed by atoms with E-state index in [0.29, 0.717) is 0 Å². The van der Waals surface area contributed by atoms with Crippen LogP contribution in [0.5, 0.6) is 0 Å². The van der Waals surface area contributed by atoms with Crippen molar-refractivity contribution >= 4 is 27.4 Å². The highest BCUT2D eigenvalue weighted by Crippen LogP contribution is 2.41. The van der Waals surface area contributed by atoms with Crippen molar-refractivity contribution in [1.29, 1.82) is 0 Å². The third kappa shape index (κ3) is 1.68. The normalized spacial score (nSPS) is 25.3. The number of hydrazine groups is 1. The molecule has 3 heterocycles. The van der Waals surface area contributed by atoms with Gasteiger partial charge in [-0.3, -0.25) is 0 Å². The molecule has 20 heavy (non-hydrogen) atoms. The highest BCUT2D eigenvalue weighted by atomic mass is 32.1. The molecule has 0 spiro atoms. The molecular formula is C14H18N4OS. The lowest BCUT2D eigenvalue weighted by Crippen LogP contribution is -2.24. The minimum absolute atomic E-state index is 0.367. The second-order valence-corrected chi connectivity index (χ2v) is 6.84. The molecule has 5 nitrogen and oxygen atoms in total. The molecule has 0 radical (unpaired) electrons. The van der Waals surface area contributed by atoms with E-state index in [2.05, 4.69) is 17.3 Å². The molecule has 4 rings (SSSR count). The lowest BCUT2D eigenvalue weighted by Gasteiger charge is -2.21. The molecule has 2 aromatic rings. The molecule has 0 aromatic carbocycles. The average Bonchev–Trinajstić information content (AvgIpc) is 3.12. The van der Waals surface area contributed by atoms with Gasteiger partial charge in [-0.1, -0.05) is 0 Å². The second kappa shape index (κ2) is 4.38. The van der Waals surface area contributed by atoms with Crippen molar-refractivity contribution in [3.8, 4) is 0 Å². The van der Waals surface area contributed by atoms with Gasteiger partial charge in [0.15, 0.2) is 11.6 Å². The van der Waals surface area contributed by atoms with Gasteiger partial charge in [0.2, 0.25) is 0 Å². The summed E-state index contributed by atoms with van der Waals surface area (Å²) in [4.78, 5) is 11.9. The Hall–Kier alpha value is -1.24. The number of aromatic nitrogens is 2. The number of thiophene rings is 1. The quantitative estimate of drug-likeness (QED) is 0.656. The maximum absolute atomic E-state index is 5.86. The zero-order valence-corrected chi connectivity index (χ0v) is 12.3. The molecule has 6 heteroatoms. The molecule has 1 aliphatic heterocycles. The summed E-state index contributed by atoms with van der Waals surface area (Å²) < 4.78 is 5.86. The van der Waals surface area contributed by atoms with E-state index in [1.165, 1.54) is 16.9 Å². The highest BCUT2D eigenvalue weighted by Gasteiger charge is 2.36. The van der Waals surface area contributed by atoms with Gasteiger partial charge in [0.1, 0.15) is 10.4 Å². The fraction of sp³-hybridized carbons (Fsp3) is 0.571. The van der Waals surface area contributed by atoms with Gasteiger partial charge in [-0.05, 0) is 44.6 Å². The van der Waals surface area contributed by atoms with Crippen molar-refractivity contribution in [1.82, 2.24) is 9.97 Å². The van der Waals surface area contributed by atoms with Gasteiger partial charge in [-0.2, -0.15) is 0 Å². The van der Waals surface area contributed by atoms with Crippen LogP contribution in [-0.4, -0.2) is 16.6 Å². The van der Waals surface area contributed by atoms with E-state index in [0.717, 1.165) is 54.1 Å². The van der Waals surface area contributed by atoms with Crippen LogP contribution in [0.25, 0.3) is 10.2 Å². The Morgan fingerprint density at radius 1 is 1.30 bits per heavy atom. The largest absolute Gasteiger partial charge is 0.367 e. The molecule has 2 aromatic heterocycles. The first-order valence-corrected chi connectivity index (χ1v) is 7.96. The van der Waals surface area contributed by atoms with Gasteiger partial charge in [-0.25, -0.2) is 15.8 Å². The zero-order valence-electron chi connectivity index (χ0n) is 11.5. The van der Waals surface area contributed by atoms with Gasteiger partial charge in [0.05, 0.1) is 5.39 Å². The monoisotopic (exact) mass is 290 g/mol. The predicted molar refractivity (Wildman–Crippen MR) is 79.8 cm³/mol. The summed E-state index contributed by atoms with van der Waals surface area (Å²) in [5, 5.41) is 1.12. The summed E-state index contributed by atoms with van der Waals surface area (Å²) in [5.74, 6) is 7.21. The number of nitrogens with one attached hydrogen (secondary N) is 1. The Labute approximate surface area is 121 Å². The smallest absolute Gasteiger partial charge is 0.164 e. The van der Waals surface area contributed by atoms with Crippen LogP contribution >= 0.6 is 11.3 Å². The zero-order chi connectivity index (χ0) is 13.7. The van der Waals surface area contributed by atoms with Crippen LogP contribution in [-0.2, 0) is 23.2 Å². The van der Waals surface area contributed by atoms with Crippen molar-refractivity contribution in [2.75, 3.05) is 12.0 Å². The van der Waals surface area contributed by atoms with Gasteiger partial charge in [0, 0.05) is 11.5 Å². The van der Waals surface area contributed by atoms with Crippen molar-refractivity contribution in [3.63, 3.8) is 0 Å². The summed E-state index contributed by atoms with van der Waals surface area (Å²) in [6.45, 7) is 2.85. The van der Waals surface area contributed by atoms with Crippen molar-refractivity contribution in [3.05, 3.63) is 16.3 Å². The third-order valence-corrected chi connectivity index (χ3v) is 5.58. The number of hydrogen-bond donors (Lipinski definition) is 2. The Balaban J connectivity index is 1.93. The highest BCUT2D eigenvalue weighted by molar-refractivity contribution is 7.19. The van der Waals surface area contributed by atoms with E-state index < -0.39 is 0 Å². The number of aryl methyl sites for hydroxylation is 2. The summed E-state index contributed by atoms with van der Waals surface area (Å²) in [6.07, 6.45) is 5.52. The molecule has 0 amide bonds. The standard InChI is InChI=1S/C14H18N4OS/c1-14(6-3-7-19-14)13-16-11(18-15)10-8-4-2-5-9(8)20-12(10)17-13/h2-7,15H2,1H3,(H,16,17,18). The second-order valence-electron chi connectivity index (χ2n) is 5.76. The number of nitrogens with two attached hydrogens (primary N) is 1. The average molecular weight is 290 g/mol. The molecule has 0 saturated carbocycles. The van der Waals surface area contributed by atoms with E-state index in [1.54, 1.807) is 11.3 Å². The Morgan fingerprint density at radius 3 is 2.95 bits per heavy atom. The number of anilines is 1. The van der Waals surface area contributed by atoms with Crippen LogP contribution in [0.4, 0.5) is 5.82 Å². The summed E-state index contributed by atoms with van der Waals surface area (Å²) in [5.41, 5.74) is 3.79. The van der Waals surface area contributed by atoms with Crippen LogP contribution in [0.3, 0.4) is 0 Å². The van der Waals surface area contributed by atoms with Crippen LogP contribution in [0.1, 0.15) is 42.5 Å². The molecule has 1 saturated heterocycles.